The second-order valence-corrected chi connectivity index (χ2v) is 5.87. The monoisotopic (exact) mass is 380 g/mol. The summed E-state index contributed by atoms with van der Waals surface area (Å²) in [6, 6.07) is 4.26. The maximum atomic E-state index is 12.2. The molecule has 0 atom stereocenters. The zero-order chi connectivity index (χ0) is 19.1. The molecular weight excluding hydrogens is 364 g/mol. The van der Waals surface area contributed by atoms with Crippen LogP contribution in [0.25, 0.3) is 0 Å². The minimum atomic E-state index is -0.544. The number of nitro benzene ring substituents is 1. The standard InChI is InChI=1S/C15H16N4O6S/c1-3-24-13(20)8-26-15-18-17-12(25-15)7-16-14(21)10-5-4-6-11(9(10)2)19(22)23/h4-6H,3,7-8H2,1-2H3,(H,16,21). The molecule has 0 unspecified atom stereocenters. The van der Waals surface area contributed by atoms with Gasteiger partial charge in [-0.05, 0) is 19.9 Å². The molecule has 0 aliphatic carbocycles. The first kappa shape index (κ1) is 19.4. The van der Waals surface area contributed by atoms with Crippen molar-refractivity contribution < 1.29 is 23.7 Å². The van der Waals surface area contributed by atoms with Crippen LogP contribution in [0, 0.1) is 17.0 Å². The van der Waals surface area contributed by atoms with Crippen LogP contribution in [-0.4, -0.2) is 39.4 Å². The highest BCUT2D eigenvalue weighted by atomic mass is 32.2. The van der Waals surface area contributed by atoms with Crippen LogP contribution >= 0.6 is 11.8 Å². The second kappa shape index (κ2) is 8.94. The number of benzene rings is 1. The van der Waals surface area contributed by atoms with E-state index in [1.807, 2.05) is 0 Å². The number of carbonyl (C=O) groups excluding carboxylic acids is 2. The smallest absolute Gasteiger partial charge is 0.316 e. The molecule has 1 N–H and O–H groups in total. The van der Waals surface area contributed by atoms with E-state index in [-0.39, 0.29) is 46.8 Å². The van der Waals surface area contributed by atoms with E-state index in [2.05, 4.69) is 15.5 Å². The molecule has 1 aromatic carbocycles. The van der Waals surface area contributed by atoms with Gasteiger partial charge in [-0.2, -0.15) is 0 Å². The zero-order valence-corrected chi connectivity index (χ0v) is 14.9. The number of hydrogen-bond donors (Lipinski definition) is 1. The summed E-state index contributed by atoms with van der Waals surface area (Å²) >= 11 is 1.03. The van der Waals surface area contributed by atoms with Crippen LogP contribution in [0.2, 0.25) is 0 Å². The van der Waals surface area contributed by atoms with Crippen molar-refractivity contribution in [2.75, 3.05) is 12.4 Å². The number of ether oxygens (including phenoxy) is 1. The number of hydrogen-bond acceptors (Lipinski definition) is 9. The van der Waals surface area contributed by atoms with Crippen molar-refractivity contribution in [3.8, 4) is 0 Å². The number of carbonyl (C=O) groups is 2. The van der Waals surface area contributed by atoms with E-state index in [1.165, 1.54) is 25.1 Å². The number of thioether (sulfide) groups is 1. The average molecular weight is 380 g/mol. The van der Waals surface area contributed by atoms with Crippen LogP contribution in [0.1, 0.15) is 28.7 Å². The molecule has 1 heterocycles. The van der Waals surface area contributed by atoms with Gasteiger partial charge in [-0.1, -0.05) is 17.8 Å². The van der Waals surface area contributed by atoms with Gasteiger partial charge in [-0.25, -0.2) is 0 Å². The number of aromatic nitrogens is 2. The topological polar surface area (TPSA) is 137 Å². The summed E-state index contributed by atoms with van der Waals surface area (Å²) in [5.74, 6) is -0.709. The molecule has 0 aliphatic rings. The molecule has 138 valence electrons. The lowest BCUT2D eigenvalue weighted by molar-refractivity contribution is -0.385. The van der Waals surface area contributed by atoms with E-state index in [4.69, 9.17) is 9.15 Å². The summed E-state index contributed by atoms with van der Waals surface area (Å²) in [5.41, 5.74) is 0.329. The number of nitro groups is 1. The van der Waals surface area contributed by atoms with Crippen molar-refractivity contribution in [2.45, 2.75) is 25.6 Å². The Bertz CT molecular complexity index is 822. The molecule has 1 aromatic heterocycles. The number of rotatable bonds is 8. The molecule has 10 nitrogen and oxygen atoms in total. The Labute approximate surface area is 152 Å². The Hall–Kier alpha value is -2.95. The van der Waals surface area contributed by atoms with Crippen molar-refractivity contribution in [3.63, 3.8) is 0 Å². The first-order valence-corrected chi connectivity index (χ1v) is 8.54. The SMILES string of the molecule is CCOC(=O)CSc1nnc(CNC(=O)c2cccc([N+](=O)[O-])c2C)o1. The van der Waals surface area contributed by atoms with E-state index in [9.17, 15) is 19.7 Å². The van der Waals surface area contributed by atoms with Crippen molar-refractivity contribution in [3.05, 3.63) is 45.3 Å². The van der Waals surface area contributed by atoms with Crippen molar-refractivity contribution in [2.24, 2.45) is 0 Å². The molecule has 26 heavy (non-hydrogen) atoms. The normalized spacial score (nSPS) is 10.4. The fourth-order valence-corrected chi connectivity index (χ4v) is 2.59. The van der Waals surface area contributed by atoms with Crippen LogP contribution in [-0.2, 0) is 16.1 Å². The van der Waals surface area contributed by atoms with Crippen molar-refractivity contribution >= 4 is 29.3 Å². The third-order valence-corrected chi connectivity index (χ3v) is 4.01. The van der Waals surface area contributed by atoms with E-state index in [0.717, 1.165) is 11.8 Å². The van der Waals surface area contributed by atoms with Crippen molar-refractivity contribution in [1.29, 1.82) is 0 Å². The molecular formula is C15H16N4O6S. The number of nitrogens with zero attached hydrogens (tertiary/aromatic N) is 3. The Morgan fingerprint density at radius 2 is 2.15 bits per heavy atom. The Balaban J connectivity index is 1.93. The van der Waals surface area contributed by atoms with Gasteiger partial charge in [0.15, 0.2) is 0 Å². The van der Waals surface area contributed by atoms with Crippen LogP contribution in [0.3, 0.4) is 0 Å². The van der Waals surface area contributed by atoms with E-state index >= 15 is 0 Å². The molecule has 1 amide bonds. The second-order valence-electron chi connectivity index (χ2n) is 4.94. The molecule has 0 saturated heterocycles. The van der Waals surface area contributed by atoms with Gasteiger partial charge in [0.2, 0.25) is 5.89 Å². The molecule has 0 radical (unpaired) electrons. The molecule has 11 heteroatoms. The molecule has 0 aliphatic heterocycles. The highest BCUT2D eigenvalue weighted by Gasteiger charge is 2.18. The molecule has 0 saturated carbocycles. The fourth-order valence-electron chi connectivity index (χ4n) is 2.01. The summed E-state index contributed by atoms with van der Waals surface area (Å²) in [6.07, 6.45) is 0. The molecule has 2 aromatic rings. The lowest BCUT2D eigenvalue weighted by Crippen LogP contribution is -2.24. The van der Waals surface area contributed by atoms with Crippen LogP contribution < -0.4 is 5.32 Å². The van der Waals surface area contributed by atoms with E-state index < -0.39 is 16.8 Å². The highest BCUT2D eigenvalue weighted by Crippen LogP contribution is 2.21. The number of esters is 1. The summed E-state index contributed by atoms with van der Waals surface area (Å²) in [4.78, 5) is 33.9. The minimum Gasteiger partial charge on any atom is -0.465 e. The lowest BCUT2D eigenvalue weighted by Gasteiger charge is -2.06. The van der Waals surface area contributed by atoms with Gasteiger partial charge in [0.05, 0.1) is 18.1 Å². The molecule has 0 fully saturated rings. The summed E-state index contributed by atoms with van der Waals surface area (Å²) in [7, 11) is 0. The van der Waals surface area contributed by atoms with Crippen LogP contribution in [0.15, 0.2) is 27.8 Å². The number of amides is 1. The molecule has 0 bridgehead atoms. The Morgan fingerprint density at radius 3 is 2.85 bits per heavy atom. The molecule has 2 rings (SSSR count). The van der Waals surface area contributed by atoms with Crippen LogP contribution in [0.4, 0.5) is 5.69 Å². The largest absolute Gasteiger partial charge is 0.465 e. The van der Waals surface area contributed by atoms with E-state index in [1.54, 1.807) is 6.92 Å². The Kier molecular flexibility index (Phi) is 6.67. The third kappa shape index (κ3) is 5.02. The first-order valence-electron chi connectivity index (χ1n) is 7.55. The summed E-state index contributed by atoms with van der Waals surface area (Å²) < 4.78 is 10.1. The quantitative estimate of drug-likeness (QED) is 0.315. The maximum absolute atomic E-state index is 12.2. The van der Waals surface area contributed by atoms with Gasteiger partial charge in [-0.3, -0.25) is 19.7 Å². The van der Waals surface area contributed by atoms with Gasteiger partial charge in [0.1, 0.15) is 5.75 Å². The summed E-state index contributed by atoms with van der Waals surface area (Å²) in [6.45, 7) is 3.45. The van der Waals surface area contributed by atoms with E-state index in [0.29, 0.717) is 0 Å². The predicted molar refractivity (Wildman–Crippen MR) is 90.7 cm³/mol. The third-order valence-electron chi connectivity index (χ3n) is 3.21. The number of nitrogens with one attached hydrogen (secondary N) is 1. The van der Waals surface area contributed by atoms with Gasteiger partial charge in [0.25, 0.3) is 16.8 Å². The molecule has 0 spiro atoms. The lowest BCUT2D eigenvalue weighted by atomic mass is 10.1. The van der Waals surface area contributed by atoms with Gasteiger partial charge < -0.3 is 14.5 Å². The maximum Gasteiger partial charge on any atom is 0.316 e. The zero-order valence-electron chi connectivity index (χ0n) is 14.1. The first-order chi connectivity index (χ1) is 12.4. The van der Waals surface area contributed by atoms with Gasteiger partial charge in [-0.15, -0.1) is 10.2 Å². The predicted octanol–water partition coefficient (Wildman–Crippen LogP) is 1.87. The minimum absolute atomic E-state index is 0.0364. The summed E-state index contributed by atoms with van der Waals surface area (Å²) in [5, 5.41) is 21.2. The van der Waals surface area contributed by atoms with Gasteiger partial charge >= 0.3 is 5.97 Å². The van der Waals surface area contributed by atoms with Crippen LogP contribution in [0.5, 0.6) is 0 Å². The van der Waals surface area contributed by atoms with Crippen molar-refractivity contribution in [1.82, 2.24) is 15.5 Å². The highest BCUT2D eigenvalue weighted by molar-refractivity contribution is 7.99. The Morgan fingerprint density at radius 1 is 1.38 bits per heavy atom. The van der Waals surface area contributed by atoms with Gasteiger partial charge in [0, 0.05) is 17.2 Å². The average Bonchev–Trinajstić information content (AvgIpc) is 3.06. The fraction of sp³-hybridized carbons (Fsp3) is 0.333.